The molecule has 13 heavy (non-hydrogen) atoms. The van der Waals surface area contributed by atoms with Crippen LogP contribution in [0.5, 0.6) is 0 Å². The summed E-state index contributed by atoms with van der Waals surface area (Å²) >= 11 is 0. The summed E-state index contributed by atoms with van der Waals surface area (Å²) in [5, 5.41) is 0. The van der Waals surface area contributed by atoms with E-state index < -0.39 is 18.6 Å². The van der Waals surface area contributed by atoms with Crippen LogP contribution in [0.1, 0.15) is 13.8 Å². The highest BCUT2D eigenvalue weighted by molar-refractivity contribution is 4.67. The summed E-state index contributed by atoms with van der Waals surface area (Å²) in [4.78, 5) is 0. The first-order chi connectivity index (χ1) is 5.88. The maximum Gasteiger partial charge on any atom is 0.395 e. The van der Waals surface area contributed by atoms with Gasteiger partial charge in [0.15, 0.2) is 0 Å². The van der Waals surface area contributed by atoms with Gasteiger partial charge in [0.2, 0.25) is 0 Å². The fourth-order valence-corrected chi connectivity index (χ4v) is 0.742. The fraction of sp³-hybridized carbons (Fsp3) is 1.00. The van der Waals surface area contributed by atoms with Gasteiger partial charge in [0.05, 0.1) is 12.5 Å². The predicted octanol–water partition coefficient (Wildman–Crippen LogP) is 1.80. The first kappa shape index (κ1) is 12.7. The van der Waals surface area contributed by atoms with E-state index >= 15 is 0 Å². The molecule has 0 aromatic heterocycles. The quantitative estimate of drug-likeness (QED) is 0.732. The predicted molar refractivity (Wildman–Crippen MR) is 44.3 cm³/mol. The molecule has 0 aromatic rings. The summed E-state index contributed by atoms with van der Waals surface area (Å²) < 4.78 is 41.1. The van der Waals surface area contributed by atoms with Crippen molar-refractivity contribution < 1.29 is 17.9 Å². The molecule has 2 N–H and O–H groups in total. The molecule has 0 bridgehead atoms. The van der Waals surface area contributed by atoms with Gasteiger partial charge in [-0.15, -0.1) is 0 Å². The normalized spacial score (nSPS) is 15.0. The Hall–Kier alpha value is -0.290. The molecule has 5 heteroatoms. The number of alkyl halides is 3. The molecule has 0 saturated carbocycles. The number of halogens is 3. The van der Waals surface area contributed by atoms with E-state index in [0.29, 0.717) is 6.61 Å². The standard InChI is InChI=1S/C8H16F3NO/c1-6(2)4-13-5-7(3-12)8(9,10)11/h6-7H,3-5,12H2,1-2H3. The Kier molecular flexibility index (Phi) is 5.32. The highest BCUT2D eigenvalue weighted by Gasteiger charge is 2.38. The van der Waals surface area contributed by atoms with Crippen LogP contribution in [0.15, 0.2) is 0 Å². The summed E-state index contributed by atoms with van der Waals surface area (Å²) in [5.41, 5.74) is 4.98. The second-order valence-electron chi connectivity index (χ2n) is 3.41. The summed E-state index contributed by atoms with van der Waals surface area (Å²) in [6.45, 7) is 3.35. The summed E-state index contributed by atoms with van der Waals surface area (Å²) in [6, 6.07) is 0. The van der Waals surface area contributed by atoms with Crippen LogP contribution < -0.4 is 5.73 Å². The average molecular weight is 199 g/mol. The van der Waals surface area contributed by atoms with Crippen molar-refractivity contribution in [2.45, 2.75) is 20.0 Å². The van der Waals surface area contributed by atoms with Crippen LogP contribution in [-0.2, 0) is 4.74 Å². The molecule has 0 rings (SSSR count). The van der Waals surface area contributed by atoms with Crippen molar-refractivity contribution in [3.63, 3.8) is 0 Å². The molecule has 0 amide bonds. The van der Waals surface area contributed by atoms with Gasteiger partial charge in [-0.25, -0.2) is 0 Å². The van der Waals surface area contributed by atoms with Crippen LogP contribution >= 0.6 is 0 Å². The number of rotatable bonds is 5. The topological polar surface area (TPSA) is 35.2 Å². The van der Waals surface area contributed by atoms with Crippen molar-refractivity contribution in [2.24, 2.45) is 17.6 Å². The Morgan fingerprint density at radius 3 is 2.08 bits per heavy atom. The van der Waals surface area contributed by atoms with Gasteiger partial charge in [0.1, 0.15) is 0 Å². The summed E-state index contributed by atoms with van der Waals surface area (Å²) in [6.07, 6.45) is -4.24. The van der Waals surface area contributed by atoms with Crippen molar-refractivity contribution in [2.75, 3.05) is 19.8 Å². The lowest BCUT2D eigenvalue weighted by Crippen LogP contribution is -2.34. The van der Waals surface area contributed by atoms with Crippen LogP contribution in [-0.4, -0.2) is 25.9 Å². The Morgan fingerprint density at radius 2 is 1.77 bits per heavy atom. The van der Waals surface area contributed by atoms with Gasteiger partial charge >= 0.3 is 6.18 Å². The van der Waals surface area contributed by atoms with Crippen LogP contribution in [0, 0.1) is 11.8 Å². The Morgan fingerprint density at radius 1 is 1.23 bits per heavy atom. The van der Waals surface area contributed by atoms with Crippen molar-refractivity contribution in [3.05, 3.63) is 0 Å². The molecule has 2 nitrogen and oxygen atoms in total. The molecule has 0 aromatic carbocycles. The Balaban J connectivity index is 3.73. The number of hydrogen-bond acceptors (Lipinski definition) is 2. The van der Waals surface area contributed by atoms with Crippen LogP contribution in [0.2, 0.25) is 0 Å². The molecular formula is C8H16F3NO. The molecular weight excluding hydrogens is 183 g/mol. The van der Waals surface area contributed by atoms with E-state index in [1.807, 2.05) is 13.8 Å². The van der Waals surface area contributed by atoms with Crippen molar-refractivity contribution in [3.8, 4) is 0 Å². The molecule has 0 aliphatic carbocycles. The third kappa shape index (κ3) is 5.87. The Labute approximate surface area is 76.2 Å². The third-order valence-corrected chi connectivity index (χ3v) is 1.52. The summed E-state index contributed by atoms with van der Waals surface area (Å²) in [7, 11) is 0. The molecule has 0 aliphatic rings. The molecule has 1 unspecified atom stereocenters. The number of hydrogen-bond donors (Lipinski definition) is 1. The minimum atomic E-state index is -4.24. The molecule has 0 radical (unpaired) electrons. The van der Waals surface area contributed by atoms with E-state index in [9.17, 15) is 13.2 Å². The fourth-order valence-electron chi connectivity index (χ4n) is 0.742. The van der Waals surface area contributed by atoms with E-state index in [1.54, 1.807) is 0 Å². The smallest absolute Gasteiger partial charge is 0.380 e. The average Bonchev–Trinajstić information content (AvgIpc) is 1.95. The molecule has 1 atom stereocenters. The SMILES string of the molecule is CC(C)COCC(CN)C(F)(F)F. The van der Waals surface area contributed by atoms with Crippen LogP contribution in [0.25, 0.3) is 0 Å². The Bertz CT molecular complexity index is 136. The van der Waals surface area contributed by atoms with E-state index in [2.05, 4.69) is 0 Å². The number of nitrogens with two attached hydrogens (primary N) is 1. The van der Waals surface area contributed by atoms with E-state index in [4.69, 9.17) is 10.5 Å². The molecule has 0 heterocycles. The zero-order valence-electron chi connectivity index (χ0n) is 7.90. The maximum absolute atomic E-state index is 12.1. The maximum atomic E-state index is 12.1. The zero-order chi connectivity index (χ0) is 10.5. The lowest BCUT2D eigenvalue weighted by atomic mass is 10.1. The van der Waals surface area contributed by atoms with Gasteiger partial charge in [0.25, 0.3) is 0 Å². The highest BCUT2D eigenvalue weighted by Crippen LogP contribution is 2.25. The van der Waals surface area contributed by atoms with E-state index in [-0.39, 0.29) is 12.5 Å². The van der Waals surface area contributed by atoms with Gasteiger partial charge in [-0.3, -0.25) is 0 Å². The lowest BCUT2D eigenvalue weighted by Gasteiger charge is -2.18. The van der Waals surface area contributed by atoms with Crippen molar-refractivity contribution in [1.29, 1.82) is 0 Å². The van der Waals surface area contributed by atoms with Crippen molar-refractivity contribution in [1.82, 2.24) is 0 Å². The van der Waals surface area contributed by atoms with Gasteiger partial charge in [-0.05, 0) is 5.92 Å². The van der Waals surface area contributed by atoms with E-state index in [0.717, 1.165) is 0 Å². The molecule has 0 aliphatic heterocycles. The second-order valence-corrected chi connectivity index (χ2v) is 3.41. The molecule has 80 valence electrons. The lowest BCUT2D eigenvalue weighted by molar-refractivity contribution is -0.185. The number of ether oxygens (including phenoxy) is 1. The first-order valence-electron chi connectivity index (χ1n) is 4.22. The molecule has 0 fully saturated rings. The van der Waals surface area contributed by atoms with Crippen LogP contribution in [0.3, 0.4) is 0 Å². The molecule has 0 spiro atoms. The van der Waals surface area contributed by atoms with Gasteiger partial charge in [-0.1, -0.05) is 13.8 Å². The largest absolute Gasteiger partial charge is 0.395 e. The zero-order valence-corrected chi connectivity index (χ0v) is 7.90. The van der Waals surface area contributed by atoms with Gasteiger partial charge < -0.3 is 10.5 Å². The minimum absolute atomic E-state index is 0.242. The summed E-state index contributed by atoms with van der Waals surface area (Å²) in [5.74, 6) is -1.29. The van der Waals surface area contributed by atoms with Crippen LogP contribution in [0.4, 0.5) is 13.2 Å². The monoisotopic (exact) mass is 199 g/mol. The second kappa shape index (κ2) is 5.44. The molecule has 0 saturated heterocycles. The van der Waals surface area contributed by atoms with E-state index in [1.165, 1.54) is 0 Å². The van der Waals surface area contributed by atoms with Gasteiger partial charge in [0, 0.05) is 13.2 Å². The first-order valence-corrected chi connectivity index (χ1v) is 4.22. The highest BCUT2D eigenvalue weighted by atomic mass is 19.4. The van der Waals surface area contributed by atoms with Crippen molar-refractivity contribution >= 4 is 0 Å². The van der Waals surface area contributed by atoms with Gasteiger partial charge in [-0.2, -0.15) is 13.2 Å². The minimum Gasteiger partial charge on any atom is -0.380 e. The third-order valence-electron chi connectivity index (χ3n) is 1.52.